The summed E-state index contributed by atoms with van der Waals surface area (Å²) in [6, 6.07) is 5.66. The molecule has 1 fully saturated rings. The Morgan fingerprint density at radius 1 is 1.20 bits per heavy atom. The quantitative estimate of drug-likeness (QED) is 0.908. The summed E-state index contributed by atoms with van der Waals surface area (Å²) in [6.07, 6.45) is 0. The molecule has 1 aromatic carbocycles. The molecule has 3 rings (SSSR count). The number of nitrogens with zero attached hydrogens (tertiary/aromatic N) is 4. The number of rotatable bonds is 2. The van der Waals surface area contributed by atoms with Gasteiger partial charge in [-0.05, 0) is 25.2 Å². The van der Waals surface area contributed by atoms with Crippen LogP contribution in [0.5, 0.6) is 0 Å². The molecule has 0 amide bonds. The van der Waals surface area contributed by atoms with E-state index in [2.05, 4.69) is 26.8 Å². The second-order valence-electron chi connectivity index (χ2n) is 5.13. The molecule has 0 aliphatic carbocycles. The smallest absolute Gasteiger partial charge is 0.226 e. The first-order chi connectivity index (χ1) is 9.67. The maximum absolute atomic E-state index is 6.04. The zero-order valence-corrected chi connectivity index (χ0v) is 12.3. The van der Waals surface area contributed by atoms with Gasteiger partial charge in [-0.1, -0.05) is 11.6 Å². The van der Waals surface area contributed by atoms with Gasteiger partial charge in [0.25, 0.3) is 0 Å². The van der Waals surface area contributed by atoms with Gasteiger partial charge in [-0.15, -0.1) is 0 Å². The standard InChI is InChI=1S/C14H18ClN5/c1-19-4-6-20(7-5-19)14-17-12-3-2-10(15)8-11(12)13(9-16)18-14/h2-3,8H,4-7,9,16H2,1H3. The van der Waals surface area contributed by atoms with Gasteiger partial charge in [-0.3, -0.25) is 0 Å². The number of aromatic nitrogens is 2. The van der Waals surface area contributed by atoms with Gasteiger partial charge >= 0.3 is 0 Å². The van der Waals surface area contributed by atoms with Crippen LogP contribution in [0.4, 0.5) is 5.95 Å². The third-order valence-electron chi connectivity index (χ3n) is 3.70. The fourth-order valence-electron chi connectivity index (χ4n) is 2.45. The van der Waals surface area contributed by atoms with Gasteiger partial charge in [0.05, 0.1) is 11.2 Å². The van der Waals surface area contributed by atoms with Crippen molar-refractivity contribution in [3.63, 3.8) is 0 Å². The molecule has 1 aliphatic heterocycles. The first-order valence-corrected chi connectivity index (χ1v) is 7.15. The SMILES string of the molecule is CN1CCN(c2nc(CN)c3cc(Cl)ccc3n2)CC1. The molecule has 0 unspecified atom stereocenters. The number of halogens is 1. The highest BCUT2D eigenvalue weighted by molar-refractivity contribution is 6.31. The van der Waals surface area contributed by atoms with Crippen molar-refractivity contribution in [3.8, 4) is 0 Å². The number of anilines is 1. The van der Waals surface area contributed by atoms with Crippen molar-refractivity contribution in [1.29, 1.82) is 0 Å². The van der Waals surface area contributed by atoms with E-state index in [1.807, 2.05) is 18.2 Å². The van der Waals surface area contributed by atoms with Gasteiger partial charge in [0.2, 0.25) is 5.95 Å². The monoisotopic (exact) mass is 291 g/mol. The Morgan fingerprint density at radius 2 is 1.95 bits per heavy atom. The van der Waals surface area contributed by atoms with Crippen LogP contribution < -0.4 is 10.6 Å². The van der Waals surface area contributed by atoms with Crippen molar-refractivity contribution in [3.05, 3.63) is 28.9 Å². The first kappa shape index (κ1) is 13.5. The Morgan fingerprint density at radius 3 is 2.65 bits per heavy atom. The molecule has 20 heavy (non-hydrogen) atoms. The second-order valence-corrected chi connectivity index (χ2v) is 5.56. The molecule has 0 radical (unpaired) electrons. The maximum Gasteiger partial charge on any atom is 0.226 e. The highest BCUT2D eigenvalue weighted by atomic mass is 35.5. The summed E-state index contributed by atoms with van der Waals surface area (Å²) in [5, 5.41) is 1.63. The number of benzene rings is 1. The lowest BCUT2D eigenvalue weighted by atomic mass is 10.2. The molecule has 0 saturated carbocycles. The lowest BCUT2D eigenvalue weighted by Gasteiger charge is -2.32. The Kier molecular flexibility index (Phi) is 3.74. The predicted molar refractivity (Wildman–Crippen MR) is 82.1 cm³/mol. The molecule has 1 aliphatic rings. The number of hydrogen-bond donors (Lipinski definition) is 1. The summed E-state index contributed by atoms with van der Waals surface area (Å²) in [4.78, 5) is 13.8. The van der Waals surface area contributed by atoms with Crippen LogP contribution in [-0.4, -0.2) is 48.1 Å². The van der Waals surface area contributed by atoms with Crippen LogP contribution in [0.3, 0.4) is 0 Å². The van der Waals surface area contributed by atoms with Gasteiger partial charge in [0.1, 0.15) is 0 Å². The lowest BCUT2D eigenvalue weighted by Crippen LogP contribution is -2.45. The third-order valence-corrected chi connectivity index (χ3v) is 3.94. The van der Waals surface area contributed by atoms with E-state index in [9.17, 15) is 0 Å². The number of hydrogen-bond acceptors (Lipinski definition) is 5. The lowest BCUT2D eigenvalue weighted by molar-refractivity contribution is 0.311. The molecule has 0 spiro atoms. The highest BCUT2D eigenvalue weighted by Gasteiger charge is 2.18. The van der Waals surface area contributed by atoms with E-state index in [-0.39, 0.29) is 0 Å². The van der Waals surface area contributed by atoms with Crippen LogP contribution in [0.1, 0.15) is 5.69 Å². The number of piperazine rings is 1. The van der Waals surface area contributed by atoms with Crippen molar-refractivity contribution in [2.45, 2.75) is 6.54 Å². The van der Waals surface area contributed by atoms with E-state index in [0.717, 1.165) is 48.7 Å². The van der Waals surface area contributed by atoms with E-state index in [4.69, 9.17) is 17.3 Å². The minimum atomic E-state index is 0.389. The number of nitrogens with two attached hydrogens (primary N) is 1. The maximum atomic E-state index is 6.04. The molecule has 0 atom stereocenters. The topological polar surface area (TPSA) is 58.3 Å². The molecule has 6 heteroatoms. The summed E-state index contributed by atoms with van der Waals surface area (Å²) < 4.78 is 0. The van der Waals surface area contributed by atoms with Crippen molar-refractivity contribution in [2.24, 2.45) is 5.73 Å². The van der Waals surface area contributed by atoms with Crippen molar-refractivity contribution >= 4 is 28.5 Å². The summed E-state index contributed by atoms with van der Waals surface area (Å²) in [5.74, 6) is 0.772. The van der Waals surface area contributed by atoms with Gasteiger partial charge in [0.15, 0.2) is 0 Å². The van der Waals surface area contributed by atoms with Gasteiger partial charge in [-0.2, -0.15) is 0 Å². The predicted octanol–water partition coefficient (Wildman–Crippen LogP) is 1.49. The Bertz CT molecular complexity index is 622. The minimum absolute atomic E-state index is 0.389. The molecular formula is C14H18ClN5. The fourth-order valence-corrected chi connectivity index (χ4v) is 2.63. The highest BCUT2D eigenvalue weighted by Crippen LogP contribution is 2.23. The first-order valence-electron chi connectivity index (χ1n) is 6.77. The van der Waals surface area contributed by atoms with Crippen molar-refractivity contribution < 1.29 is 0 Å². The van der Waals surface area contributed by atoms with Gasteiger partial charge < -0.3 is 15.5 Å². The van der Waals surface area contributed by atoms with Crippen LogP contribution in [0.15, 0.2) is 18.2 Å². The largest absolute Gasteiger partial charge is 0.338 e. The van der Waals surface area contributed by atoms with Crippen LogP contribution >= 0.6 is 11.6 Å². The van der Waals surface area contributed by atoms with Crippen molar-refractivity contribution in [1.82, 2.24) is 14.9 Å². The van der Waals surface area contributed by atoms with E-state index >= 15 is 0 Å². The van der Waals surface area contributed by atoms with E-state index in [1.54, 1.807) is 0 Å². The van der Waals surface area contributed by atoms with Crippen LogP contribution in [0, 0.1) is 0 Å². The summed E-state index contributed by atoms with van der Waals surface area (Å²) >= 11 is 6.04. The molecule has 106 valence electrons. The zero-order valence-electron chi connectivity index (χ0n) is 11.5. The van der Waals surface area contributed by atoms with Crippen molar-refractivity contribution in [2.75, 3.05) is 38.1 Å². The normalized spacial score (nSPS) is 16.9. The van der Waals surface area contributed by atoms with Crippen LogP contribution in [0.2, 0.25) is 5.02 Å². The molecule has 5 nitrogen and oxygen atoms in total. The van der Waals surface area contributed by atoms with Crippen LogP contribution in [-0.2, 0) is 6.54 Å². The summed E-state index contributed by atoms with van der Waals surface area (Å²) in [6.45, 7) is 4.33. The molecule has 1 aromatic heterocycles. The summed E-state index contributed by atoms with van der Waals surface area (Å²) in [5.41, 5.74) is 7.58. The average Bonchev–Trinajstić information content (AvgIpc) is 2.47. The fraction of sp³-hybridized carbons (Fsp3) is 0.429. The minimum Gasteiger partial charge on any atom is -0.338 e. The summed E-state index contributed by atoms with van der Waals surface area (Å²) in [7, 11) is 2.13. The van der Waals surface area contributed by atoms with Crippen LogP contribution in [0.25, 0.3) is 10.9 Å². The van der Waals surface area contributed by atoms with E-state index < -0.39 is 0 Å². The second kappa shape index (κ2) is 5.52. The van der Waals surface area contributed by atoms with E-state index in [0.29, 0.717) is 11.6 Å². The molecular weight excluding hydrogens is 274 g/mol. The molecule has 2 heterocycles. The molecule has 2 N–H and O–H groups in total. The van der Waals surface area contributed by atoms with E-state index in [1.165, 1.54) is 0 Å². The molecule has 0 bridgehead atoms. The molecule has 2 aromatic rings. The Balaban J connectivity index is 2.02. The average molecular weight is 292 g/mol. The third kappa shape index (κ3) is 2.57. The number of likely N-dealkylation sites (N-methyl/N-ethyl adjacent to an activating group) is 1. The van der Waals surface area contributed by atoms with Gasteiger partial charge in [-0.25, -0.2) is 9.97 Å². The Hall–Kier alpha value is -1.43. The zero-order chi connectivity index (χ0) is 14.1. The Labute approximate surface area is 123 Å². The van der Waals surface area contributed by atoms with Gasteiger partial charge in [0, 0.05) is 43.1 Å². The molecule has 1 saturated heterocycles. The number of fused-ring (bicyclic) bond motifs is 1.